The average Bonchev–Trinajstić information content (AvgIpc) is 3.64. The molecule has 1 aromatic heterocycles. The summed E-state index contributed by atoms with van der Waals surface area (Å²) in [5.41, 5.74) is 2.49. The van der Waals surface area contributed by atoms with E-state index < -0.39 is 22.9 Å². The molecule has 0 radical (unpaired) electrons. The predicted octanol–water partition coefficient (Wildman–Crippen LogP) is 9.69. The van der Waals surface area contributed by atoms with Gasteiger partial charge in [0, 0.05) is 12.8 Å². The fourth-order valence-electron chi connectivity index (χ4n) is 6.25. The van der Waals surface area contributed by atoms with Crippen LogP contribution in [-0.2, 0) is 17.3 Å². The number of nitrogens with zero attached hydrogens (tertiary/aromatic N) is 2. The van der Waals surface area contributed by atoms with E-state index in [1.165, 1.54) is 12.1 Å². The van der Waals surface area contributed by atoms with Crippen LogP contribution in [0.3, 0.4) is 0 Å². The number of alkyl halides is 3. The van der Waals surface area contributed by atoms with Crippen molar-refractivity contribution < 1.29 is 23.4 Å². The normalized spacial score (nSPS) is 13.0. The van der Waals surface area contributed by atoms with Gasteiger partial charge in [-0.05, 0) is 63.9 Å². The number of hydrogen-bond acceptors (Lipinski definition) is 3. The van der Waals surface area contributed by atoms with Crippen molar-refractivity contribution in [2.24, 2.45) is 5.92 Å². The summed E-state index contributed by atoms with van der Waals surface area (Å²) >= 11 is 0. The summed E-state index contributed by atoms with van der Waals surface area (Å²) in [7, 11) is 0. The lowest BCUT2D eigenvalue weighted by atomic mass is 9.76. The molecule has 252 valence electrons. The molecule has 1 unspecified atom stereocenters. The smallest absolute Gasteiger partial charge is 0.396 e. The van der Waals surface area contributed by atoms with Crippen LogP contribution in [0.5, 0.6) is 0 Å². The number of aromatic nitrogens is 2. The highest BCUT2D eigenvalue weighted by Crippen LogP contribution is 2.43. The van der Waals surface area contributed by atoms with Crippen molar-refractivity contribution in [1.29, 1.82) is 0 Å². The summed E-state index contributed by atoms with van der Waals surface area (Å²) in [6, 6.07) is 43.1. The molecular formula is C42H41F3N2O2. The maximum Gasteiger partial charge on any atom is 0.416 e. The van der Waals surface area contributed by atoms with E-state index in [4.69, 9.17) is 10.1 Å². The van der Waals surface area contributed by atoms with Gasteiger partial charge in [0.05, 0.1) is 17.6 Å². The molecule has 0 fully saturated rings. The molecule has 1 atom stereocenters. The minimum atomic E-state index is -4.41. The largest absolute Gasteiger partial charge is 0.416 e. The van der Waals surface area contributed by atoms with Crippen LogP contribution in [0.25, 0.3) is 11.1 Å². The first-order valence-electron chi connectivity index (χ1n) is 16.4. The molecular weight excluding hydrogens is 621 g/mol. The maximum absolute atomic E-state index is 13.2. The summed E-state index contributed by atoms with van der Waals surface area (Å²) in [5.74, 6) is -0.289. The summed E-state index contributed by atoms with van der Waals surface area (Å²) < 4.78 is 41.6. The Balaban J connectivity index is 0.00000111. The van der Waals surface area contributed by atoms with E-state index in [0.29, 0.717) is 29.0 Å². The van der Waals surface area contributed by atoms with E-state index in [1.807, 2.05) is 106 Å². The fourth-order valence-corrected chi connectivity index (χ4v) is 6.25. The average molecular weight is 663 g/mol. The number of rotatable bonds is 9. The fraction of sp³-hybridized carbons (Fsp3) is 0.214. The molecule has 2 N–H and O–H groups in total. The van der Waals surface area contributed by atoms with E-state index in [2.05, 4.69) is 41.0 Å². The van der Waals surface area contributed by atoms with Crippen molar-refractivity contribution in [3.8, 4) is 11.1 Å². The van der Waals surface area contributed by atoms with Crippen LogP contribution in [0.15, 0.2) is 152 Å². The van der Waals surface area contributed by atoms with Gasteiger partial charge in [0.25, 0.3) is 0 Å². The summed E-state index contributed by atoms with van der Waals surface area (Å²) in [6.07, 6.45) is 0.152. The van der Waals surface area contributed by atoms with Gasteiger partial charge in [-0.2, -0.15) is 13.2 Å². The number of aliphatic hydroxyl groups is 2. The highest BCUT2D eigenvalue weighted by molar-refractivity contribution is 5.65. The molecule has 0 spiro atoms. The van der Waals surface area contributed by atoms with Crippen molar-refractivity contribution >= 4 is 0 Å². The molecule has 1 heterocycles. The molecule has 7 heteroatoms. The Kier molecular flexibility index (Phi) is 10.9. The zero-order valence-electron chi connectivity index (χ0n) is 27.8. The number of imidazole rings is 1. The zero-order chi connectivity index (χ0) is 35.1. The third-order valence-electron chi connectivity index (χ3n) is 8.84. The summed E-state index contributed by atoms with van der Waals surface area (Å²) in [4.78, 5) is 4.86. The predicted molar refractivity (Wildman–Crippen MR) is 189 cm³/mol. The van der Waals surface area contributed by atoms with Gasteiger partial charge in [0.2, 0.25) is 0 Å². The first kappa shape index (κ1) is 35.3. The van der Waals surface area contributed by atoms with Gasteiger partial charge in [-0.3, -0.25) is 0 Å². The standard InChI is InChI=1S/C39H33F3N2O.C3H8O/c1-28(2)38(45,35-20-12-13-30(25-35)29-21-23-34(24-22-29)39(40,41)42)36-26-44(27-43-36)37(31-14-6-3-7-15-31,32-16-8-4-9-17-32)33-18-10-5-11-19-33;1-2-3-4/h3-28,45H,1-2H3;4H,2-3H2,1H3. The third kappa shape index (κ3) is 7.09. The lowest BCUT2D eigenvalue weighted by Crippen LogP contribution is -2.37. The molecule has 0 saturated carbocycles. The molecule has 0 aliphatic heterocycles. The zero-order valence-corrected chi connectivity index (χ0v) is 27.8. The Morgan fingerprint density at radius 2 is 1.10 bits per heavy atom. The molecule has 49 heavy (non-hydrogen) atoms. The number of halogens is 3. The lowest BCUT2D eigenvalue weighted by molar-refractivity contribution is -0.137. The minimum absolute atomic E-state index is 0.289. The van der Waals surface area contributed by atoms with Gasteiger partial charge in [0.15, 0.2) is 0 Å². The van der Waals surface area contributed by atoms with Gasteiger partial charge >= 0.3 is 6.18 Å². The van der Waals surface area contributed by atoms with Crippen molar-refractivity contribution in [3.05, 3.63) is 186 Å². The van der Waals surface area contributed by atoms with Crippen LogP contribution in [0.2, 0.25) is 0 Å². The first-order valence-corrected chi connectivity index (χ1v) is 16.4. The Hall–Kier alpha value is -4.98. The van der Waals surface area contributed by atoms with Crippen LogP contribution in [0, 0.1) is 5.92 Å². The second-order valence-electron chi connectivity index (χ2n) is 12.3. The van der Waals surface area contributed by atoms with Crippen LogP contribution in [-0.4, -0.2) is 26.4 Å². The summed E-state index contributed by atoms with van der Waals surface area (Å²) in [6.45, 7) is 6.12. The maximum atomic E-state index is 13.2. The molecule has 4 nitrogen and oxygen atoms in total. The van der Waals surface area contributed by atoms with Gasteiger partial charge < -0.3 is 14.8 Å². The quantitative estimate of drug-likeness (QED) is 0.152. The van der Waals surface area contributed by atoms with Crippen molar-refractivity contribution in [3.63, 3.8) is 0 Å². The van der Waals surface area contributed by atoms with E-state index in [9.17, 15) is 18.3 Å². The Bertz CT molecular complexity index is 1810. The minimum Gasteiger partial charge on any atom is -0.396 e. The molecule has 6 rings (SSSR count). The van der Waals surface area contributed by atoms with E-state index in [-0.39, 0.29) is 5.92 Å². The topological polar surface area (TPSA) is 58.3 Å². The molecule has 0 amide bonds. The Morgan fingerprint density at radius 3 is 1.53 bits per heavy atom. The lowest BCUT2D eigenvalue weighted by Gasteiger charge is -2.37. The van der Waals surface area contributed by atoms with E-state index >= 15 is 0 Å². The van der Waals surface area contributed by atoms with Gasteiger partial charge in [-0.1, -0.05) is 142 Å². The molecule has 6 aromatic rings. The van der Waals surface area contributed by atoms with Crippen LogP contribution in [0.1, 0.15) is 60.7 Å². The van der Waals surface area contributed by atoms with Gasteiger partial charge in [0.1, 0.15) is 11.1 Å². The van der Waals surface area contributed by atoms with Crippen LogP contribution < -0.4 is 0 Å². The Morgan fingerprint density at radius 1 is 0.633 bits per heavy atom. The monoisotopic (exact) mass is 662 g/mol. The Labute approximate surface area is 286 Å². The molecule has 0 aliphatic carbocycles. The van der Waals surface area contributed by atoms with Gasteiger partial charge in [-0.25, -0.2) is 4.98 Å². The third-order valence-corrected chi connectivity index (χ3v) is 8.84. The van der Waals surface area contributed by atoms with Gasteiger partial charge in [-0.15, -0.1) is 0 Å². The number of benzene rings is 5. The van der Waals surface area contributed by atoms with Crippen molar-refractivity contribution in [1.82, 2.24) is 9.55 Å². The highest BCUT2D eigenvalue weighted by atomic mass is 19.4. The molecule has 5 aromatic carbocycles. The van der Waals surface area contributed by atoms with Crippen molar-refractivity contribution in [2.75, 3.05) is 6.61 Å². The molecule has 0 aliphatic rings. The second kappa shape index (κ2) is 15.1. The molecule has 0 saturated heterocycles. The van der Waals surface area contributed by atoms with Crippen LogP contribution in [0.4, 0.5) is 13.2 Å². The van der Waals surface area contributed by atoms with E-state index in [1.54, 1.807) is 6.33 Å². The van der Waals surface area contributed by atoms with Crippen molar-refractivity contribution in [2.45, 2.75) is 44.5 Å². The van der Waals surface area contributed by atoms with E-state index in [0.717, 1.165) is 35.2 Å². The second-order valence-corrected chi connectivity index (χ2v) is 12.3. The number of hydrogen-bond donors (Lipinski definition) is 2. The van der Waals surface area contributed by atoms with Crippen LogP contribution >= 0.6 is 0 Å². The SMILES string of the molecule is CC(C)C(O)(c1cccc(-c2ccc(C(F)(F)F)cc2)c1)c1cn(C(c2ccccc2)(c2ccccc2)c2ccccc2)cn1.CCCO. The first-order chi connectivity index (χ1) is 23.6. The highest BCUT2D eigenvalue weighted by Gasteiger charge is 2.42. The number of aliphatic hydroxyl groups excluding tert-OH is 1. The molecule has 0 bridgehead atoms. The summed E-state index contributed by atoms with van der Waals surface area (Å²) in [5, 5.41) is 20.4.